The molecule has 0 unspecified atom stereocenters. The number of aromatic nitrogens is 1. The first-order valence-electron chi connectivity index (χ1n) is 6.99. The number of benzene rings is 2. The van der Waals surface area contributed by atoms with E-state index in [1.54, 1.807) is 0 Å². The second kappa shape index (κ2) is 6.05. The monoisotopic (exact) mass is 315 g/mol. The van der Waals surface area contributed by atoms with Crippen molar-refractivity contribution >= 4 is 34.1 Å². The zero-order valence-electron chi connectivity index (χ0n) is 11.7. The summed E-state index contributed by atoms with van der Waals surface area (Å²) in [5.41, 5.74) is 4.16. The van der Waals surface area contributed by atoms with Crippen molar-refractivity contribution in [1.29, 1.82) is 0 Å². The van der Waals surface area contributed by atoms with Gasteiger partial charge in [-0.1, -0.05) is 66.5 Å². The zero-order valence-corrected chi connectivity index (χ0v) is 13.2. The van der Waals surface area contributed by atoms with Crippen LogP contribution in [-0.2, 0) is 12.8 Å². The molecule has 0 aliphatic rings. The van der Waals surface area contributed by atoms with Crippen molar-refractivity contribution in [3.05, 3.63) is 75.4 Å². The highest BCUT2D eigenvalue weighted by Gasteiger charge is 2.13. The molecule has 21 heavy (non-hydrogen) atoms. The standard InChI is InChI=1S/C18H15Cl2N/c1-2-12-8-9-16-14(10-12)17(19)15(18(20)21-16)11-13-6-4-3-5-7-13/h3-10H,2,11H2,1H3. The number of pyridine rings is 1. The van der Waals surface area contributed by atoms with E-state index in [4.69, 9.17) is 23.2 Å². The Hall–Kier alpha value is -1.57. The van der Waals surface area contributed by atoms with E-state index in [-0.39, 0.29) is 0 Å². The molecular formula is C18H15Cl2N. The molecule has 0 amide bonds. The summed E-state index contributed by atoms with van der Waals surface area (Å²) in [4.78, 5) is 4.49. The van der Waals surface area contributed by atoms with E-state index in [1.807, 2.05) is 24.3 Å². The maximum absolute atomic E-state index is 6.60. The van der Waals surface area contributed by atoms with Gasteiger partial charge in [0.1, 0.15) is 5.15 Å². The molecule has 0 atom stereocenters. The van der Waals surface area contributed by atoms with Crippen LogP contribution in [0.4, 0.5) is 0 Å². The predicted octanol–water partition coefficient (Wildman–Crippen LogP) is 5.69. The average molecular weight is 316 g/mol. The number of hydrogen-bond acceptors (Lipinski definition) is 1. The van der Waals surface area contributed by atoms with Gasteiger partial charge < -0.3 is 0 Å². The Morgan fingerprint density at radius 1 is 0.952 bits per heavy atom. The molecule has 0 saturated heterocycles. The minimum Gasteiger partial charge on any atom is -0.236 e. The lowest BCUT2D eigenvalue weighted by Crippen LogP contribution is -1.95. The SMILES string of the molecule is CCc1ccc2nc(Cl)c(Cc3ccccc3)c(Cl)c2c1. The van der Waals surface area contributed by atoms with Gasteiger partial charge in [-0.15, -0.1) is 0 Å². The Kier molecular flexibility index (Phi) is 4.14. The van der Waals surface area contributed by atoms with Crippen LogP contribution in [0.1, 0.15) is 23.6 Å². The topological polar surface area (TPSA) is 12.9 Å². The number of nitrogens with zero attached hydrogens (tertiary/aromatic N) is 1. The smallest absolute Gasteiger partial charge is 0.134 e. The third-order valence-electron chi connectivity index (χ3n) is 3.66. The molecule has 3 aromatic rings. The highest BCUT2D eigenvalue weighted by atomic mass is 35.5. The maximum atomic E-state index is 6.60. The van der Waals surface area contributed by atoms with E-state index in [0.717, 1.165) is 22.9 Å². The van der Waals surface area contributed by atoms with E-state index in [1.165, 1.54) is 11.1 Å². The average Bonchev–Trinajstić information content (AvgIpc) is 2.52. The van der Waals surface area contributed by atoms with E-state index in [2.05, 4.69) is 36.2 Å². The fourth-order valence-electron chi connectivity index (χ4n) is 2.45. The van der Waals surface area contributed by atoms with Crippen LogP contribution in [0, 0.1) is 0 Å². The number of aryl methyl sites for hydroxylation is 1. The summed E-state index contributed by atoms with van der Waals surface area (Å²) in [5, 5.41) is 2.18. The van der Waals surface area contributed by atoms with Crippen LogP contribution in [0.5, 0.6) is 0 Å². The van der Waals surface area contributed by atoms with Gasteiger partial charge in [0.15, 0.2) is 0 Å². The molecule has 1 heterocycles. The molecule has 3 heteroatoms. The van der Waals surface area contributed by atoms with Gasteiger partial charge in [-0.3, -0.25) is 0 Å². The number of halogens is 2. The minimum absolute atomic E-state index is 0.487. The Labute approximate surface area is 134 Å². The molecule has 0 aliphatic heterocycles. The van der Waals surface area contributed by atoms with Crippen LogP contribution in [0.2, 0.25) is 10.2 Å². The molecular weight excluding hydrogens is 301 g/mol. The lowest BCUT2D eigenvalue weighted by molar-refractivity contribution is 1.14. The fourth-order valence-corrected chi connectivity index (χ4v) is 3.06. The largest absolute Gasteiger partial charge is 0.236 e. The summed E-state index contributed by atoms with van der Waals surface area (Å²) in [6.45, 7) is 2.13. The third-order valence-corrected chi connectivity index (χ3v) is 4.41. The molecule has 1 nitrogen and oxygen atoms in total. The van der Waals surface area contributed by atoms with Gasteiger partial charge in [-0.2, -0.15) is 0 Å². The number of fused-ring (bicyclic) bond motifs is 1. The van der Waals surface area contributed by atoms with Crippen LogP contribution in [0.25, 0.3) is 10.9 Å². The maximum Gasteiger partial charge on any atom is 0.134 e. The van der Waals surface area contributed by atoms with Crippen LogP contribution in [0.3, 0.4) is 0 Å². The van der Waals surface area contributed by atoms with Gasteiger partial charge in [0.2, 0.25) is 0 Å². The van der Waals surface area contributed by atoms with Gasteiger partial charge in [-0.05, 0) is 29.7 Å². The van der Waals surface area contributed by atoms with Crippen LogP contribution in [-0.4, -0.2) is 4.98 Å². The van der Waals surface area contributed by atoms with Crippen molar-refractivity contribution in [1.82, 2.24) is 4.98 Å². The normalized spacial score (nSPS) is 11.0. The van der Waals surface area contributed by atoms with Gasteiger partial charge in [0, 0.05) is 17.4 Å². The molecule has 0 fully saturated rings. The second-order valence-corrected chi connectivity index (χ2v) is 5.80. The van der Waals surface area contributed by atoms with E-state index in [9.17, 15) is 0 Å². The Bertz CT molecular complexity index is 782. The van der Waals surface area contributed by atoms with Gasteiger partial charge in [-0.25, -0.2) is 4.98 Å². The molecule has 0 aliphatic carbocycles. The number of rotatable bonds is 3. The van der Waals surface area contributed by atoms with E-state index in [0.29, 0.717) is 16.6 Å². The first kappa shape index (κ1) is 14.4. The lowest BCUT2D eigenvalue weighted by Gasteiger charge is -2.11. The molecule has 2 aromatic carbocycles. The Morgan fingerprint density at radius 2 is 1.71 bits per heavy atom. The van der Waals surface area contributed by atoms with Crippen molar-refractivity contribution in [3.8, 4) is 0 Å². The van der Waals surface area contributed by atoms with Crippen LogP contribution >= 0.6 is 23.2 Å². The quantitative estimate of drug-likeness (QED) is 0.565. The molecule has 0 N–H and O–H groups in total. The fraction of sp³-hybridized carbons (Fsp3) is 0.167. The van der Waals surface area contributed by atoms with Crippen LogP contribution < -0.4 is 0 Å². The molecule has 0 radical (unpaired) electrons. The molecule has 0 spiro atoms. The van der Waals surface area contributed by atoms with Crippen LogP contribution in [0.15, 0.2) is 48.5 Å². The van der Waals surface area contributed by atoms with Crippen molar-refractivity contribution < 1.29 is 0 Å². The van der Waals surface area contributed by atoms with Crippen molar-refractivity contribution in [3.63, 3.8) is 0 Å². The molecule has 106 valence electrons. The highest BCUT2D eigenvalue weighted by molar-refractivity contribution is 6.39. The minimum atomic E-state index is 0.487. The first-order valence-corrected chi connectivity index (χ1v) is 7.75. The highest BCUT2D eigenvalue weighted by Crippen LogP contribution is 2.33. The summed E-state index contributed by atoms with van der Waals surface area (Å²) in [6, 6.07) is 16.3. The third kappa shape index (κ3) is 2.90. The van der Waals surface area contributed by atoms with Crippen molar-refractivity contribution in [2.24, 2.45) is 0 Å². The van der Waals surface area contributed by atoms with Crippen molar-refractivity contribution in [2.45, 2.75) is 19.8 Å². The molecule has 1 aromatic heterocycles. The lowest BCUT2D eigenvalue weighted by atomic mass is 10.0. The summed E-state index contributed by atoms with van der Waals surface area (Å²) in [7, 11) is 0. The zero-order chi connectivity index (χ0) is 14.8. The summed E-state index contributed by atoms with van der Waals surface area (Å²) in [5.74, 6) is 0. The molecule has 3 rings (SSSR count). The Balaban J connectivity index is 2.13. The number of hydrogen-bond donors (Lipinski definition) is 0. The van der Waals surface area contributed by atoms with Gasteiger partial charge in [0.05, 0.1) is 10.5 Å². The van der Waals surface area contributed by atoms with Gasteiger partial charge in [0.25, 0.3) is 0 Å². The van der Waals surface area contributed by atoms with E-state index < -0.39 is 0 Å². The predicted molar refractivity (Wildman–Crippen MR) is 90.4 cm³/mol. The first-order chi connectivity index (χ1) is 10.2. The second-order valence-electron chi connectivity index (χ2n) is 5.06. The summed E-state index contributed by atoms with van der Waals surface area (Å²) in [6.07, 6.45) is 1.67. The molecule has 0 bridgehead atoms. The van der Waals surface area contributed by atoms with E-state index >= 15 is 0 Å². The summed E-state index contributed by atoms with van der Waals surface area (Å²) < 4.78 is 0. The summed E-state index contributed by atoms with van der Waals surface area (Å²) >= 11 is 12.9. The van der Waals surface area contributed by atoms with Crippen molar-refractivity contribution in [2.75, 3.05) is 0 Å². The Morgan fingerprint density at radius 3 is 2.43 bits per heavy atom. The molecule has 0 saturated carbocycles. The van der Waals surface area contributed by atoms with Gasteiger partial charge >= 0.3 is 0 Å².